The van der Waals surface area contributed by atoms with Crippen LogP contribution >= 0.6 is 0 Å². The Bertz CT molecular complexity index is 575. The molecule has 0 saturated carbocycles. The highest BCUT2D eigenvalue weighted by atomic mass is 16.5. The van der Waals surface area contributed by atoms with Crippen molar-refractivity contribution in [3.8, 4) is 0 Å². The third kappa shape index (κ3) is 11.3. The van der Waals surface area contributed by atoms with Gasteiger partial charge >= 0.3 is 11.9 Å². The van der Waals surface area contributed by atoms with Crippen LogP contribution in [0.2, 0.25) is 0 Å². The quantitative estimate of drug-likeness (QED) is 0.355. The maximum atomic E-state index is 11.9. The number of carbonyl (C=O) groups excluding carboxylic acids is 3. The number of rotatable bonds is 14. The van der Waals surface area contributed by atoms with E-state index in [0.717, 1.165) is 6.54 Å². The largest absolute Gasteiger partial charge is 0.469 e. The minimum absolute atomic E-state index is 0.0403. The molecule has 0 saturated heterocycles. The molecule has 1 aromatic rings. The summed E-state index contributed by atoms with van der Waals surface area (Å²) in [5.41, 5.74) is 1.18. The molecule has 0 atom stereocenters. The number of benzene rings is 1. The predicted octanol–water partition coefficient (Wildman–Crippen LogP) is 0.711. The van der Waals surface area contributed by atoms with Crippen LogP contribution in [-0.4, -0.2) is 69.7 Å². The molecule has 0 heterocycles. The summed E-state index contributed by atoms with van der Waals surface area (Å²) < 4.78 is 9.29. The third-order valence-corrected chi connectivity index (χ3v) is 4.17. The number of esters is 2. The SMILES string of the molecule is COC(=O)CCN(CCNC(=O)CCNCc1ccccc1)CCC(=O)OC. The van der Waals surface area contributed by atoms with Crippen molar-refractivity contribution in [3.63, 3.8) is 0 Å². The molecule has 0 fully saturated rings. The minimum Gasteiger partial charge on any atom is -0.469 e. The molecule has 0 unspecified atom stereocenters. The molecule has 0 aromatic heterocycles. The number of carbonyl (C=O) groups is 3. The molecule has 0 aliphatic heterocycles. The van der Waals surface area contributed by atoms with E-state index in [0.29, 0.717) is 39.1 Å². The molecule has 28 heavy (non-hydrogen) atoms. The van der Waals surface area contributed by atoms with Crippen molar-refractivity contribution >= 4 is 17.8 Å². The average Bonchev–Trinajstić information content (AvgIpc) is 2.72. The van der Waals surface area contributed by atoms with Gasteiger partial charge < -0.3 is 25.0 Å². The number of ether oxygens (including phenoxy) is 2. The van der Waals surface area contributed by atoms with Gasteiger partial charge in [0.05, 0.1) is 27.1 Å². The van der Waals surface area contributed by atoms with E-state index in [4.69, 9.17) is 0 Å². The number of hydrogen-bond donors (Lipinski definition) is 2. The number of nitrogens with zero attached hydrogens (tertiary/aromatic N) is 1. The summed E-state index contributed by atoms with van der Waals surface area (Å²) in [5.74, 6) is -0.658. The highest BCUT2D eigenvalue weighted by molar-refractivity contribution is 5.76. The Balaban J connectivity index is 2.22. The van der Waals surface area contributed by atoms with E-state index >= 15 is 0 Å². The second kappa shape index (κ2) is 14.6. The van der Waals surface area contributed by atoms with Crippen molar-refractivity contribution in [1.29, 1.82) is 0 Å². The average molecular weight is 393 g/mol. The van der Waals surface area contributed by atoms with Crippen LogP contribution in [0, 0.1) is 0 Å². The molecule has 2 N–H and O–H groups in total. The van der Waals surface area contributed by atoms with Crippen molar-refractivity contribution in [1.82, 2.24) is 15.5 Å². The van der Waals surface area contributed by atoms with E-state index < -0.39 is 0 Å². The lowest BCUT2D eigenvalue weighted by molar-refractivity contribution is -0.141. The second-order valence-electron chi connectivity index (χ2n) is 6.26. The first kappa shape index (κ1) is 23.6. The van der Waals surface area contributed by atoms with Gasteiger partial charge in [-0.3, -0.25) is 14.4 Å². The number of nitrogens with one attached hydrogen (secondary N) is 2. The summed E-state index contributed by atoms with van der Waals surface area (Å²) in [6.07, 6.45) is 0.848. The fourth-order valence-corrected chi connectivity index (χ4v) is 2.51. The van der Waals surface area contributed by atoms with Crippen LogP contribution in [-0.2, 0) is 30.4 Å². The van der Waals surface area contributed by atoms with Crippen molar-refractivity contribution in [2.24, 2.45) is 0 Å². The molecule has 0 aliphatic rings. The Kier molecular flexibility index (Phi) is 12.3. The summed E-state index contributed by atoms with van der Waals surface area (Å²) >= 11 is 0. The summed E-state index contributed by atoms with van der Waals surface area (Å²) in [4.78, 5) is 36.5. The van der Waals surface area contributed by atoms with Crippen LogP contribution in [0.15, 0.2) is 30.3 Å². The van der Waals surface area contributed by atoms with Gasteiger partial charge in [-0.2, -0.15) is 0 Å². The van der Waals surface area contributed by atoms with E-state index in [1.807, 2.05) is 35.2 Å². The monoisotopic (exact) mass is 393 g/mol. The lowest BCUT2D eigenvalue weighted by Gasteiger charge is -2.21. The Morgan fingerprint density at radius 2 is 1.46 bits per heavy atom. The van der Waals surface area contributed by atoms with Gasteiger partial charge in [0, 0.05) is 45.7 Å². The summed E-state index contributed by atoms with van der Waals surface area (Å²) in [6.45, 7) is 3.21. The van der Waals surface area contributed by atoms with Gasteiger partial charge in [0.15, 0.2) is 0 Å². The fourth-order valence-electron chi connectivity index (χ4n) is 2.51. The lowest BCUT2D eigenvalue weighted by atomic mass is 10.2. The Morgan fingerprint density at radius 1 is 0.857 bits per heavy atom. The molecular formula is C20H31N3O5. The van der Waals surface area contributed by atoms with Gasteiger partial charge in [0.25, 0.3) is 0 Å². The molecule has 1 rings (SSSR count). The Hall–Kier alpha value is -2.45. The number of amides is 1. The molecule has 8 heteroatoms. The van der Waals surface area contributed by atoms with Crippen LogP contribution in [0.25, 0.3) is 0 Å². The zero-order valence-corrected chi connectivity index (χ0v) is 16.7. The topological polar surface area (TPSA) is 97.0 Å². The second-order valence-corrected chi connectivity index (χ2v) is 6.26. The normalized spacial score (nSPS) is 10.5. The zero-order chi connectivity index (χ0) is 20.6. The molecular weight excluding hydrogens is 362 g/mol. The van der Waals surface area contributed by atoms with Crippen LogP contribution in [0.5, 0.6) is 0 Å². The highest BCUT2D eigenvalue weighted by Crippen LogP contribution is 1.98. The lowest BCUT2D eigenvalue weighted by Crippen LogP contribution is -2.38. The summed E-state index contributed by atoms with van der Waals surface area (Å²) in [5, 5.41) is 6.10. The maximum Gasteiger partial charge on any atom is 0.306 e. The van der Waals surface area contributed by atoms with E-state index in [1.165, 1.54) is 19.8 Å². The Labute approximate surface area is 166 Å². The number of methoxy groups -OCH3 is 2. The molecule has 156 valence electrons. The van der Waals surface area contributed by atoms with Gasteiger partial charge in [-0.1, -0.05) is 30.3 Å². The smallest absolute Gasteiger partial charge is 0.306 e. The highest BCUT2D eigenvalue weighted by Gasteiger charge is 2.11. The van der Waals surface area contributed by atoms with E-state index in [-0.39, 0.29) is 30.7 Å². The van der Waals surface area contributed by atoms with Gasteiger partial charge in [0.1, 0.15) is 0 Å². The first-order chi connectivity index (χ1) is 13.5. The van der Waals surface area contributed by atoms with Crippen LogP contribution < -0.4 is 10.6 Å². The van der Waals surface area contributed by atoms with Crippen molar-refractivity contribution in [2.45, 2.75) is 25.8 Å². The molecule has 0 bridgehead atoms. The first-order valence-corrected chi connectivity index (χ1v) is 9.42. The van der Waals surface area contributed by atoms with Crippen molar-refractivity contribution in [2.75, 3.05) is 46.9 Å². The van der Waals surface area contributed by atoms with Gasteiger partial charge in [-0.05, 0) is 5.56 Å². The van der Waals surface area contributed by atoms with Crippen LogP contribution in [0.4, 0.5) is 0 Å². The van der Waals surface area contributed by atoms with Gasteiger partial charge in [0.2, 0.25) is 5.91 Å². The fraction of sp³-hybridized carbons (Fsp3) is 0.550. The molecule has 8 nitrogen and oxygen atoms in total. The molecule has 1 amide bonds. The van der Waals surface area contributed by atoms with Crippen LogP contribution in [0.3, 0.4) is 0 Å². The third-order valence-electron chi connectivity index (χ3n) is 4.17. The number of hydrogen-bond acceptors (Lipinski definition) is 7. The molecule has 0 spiro atoms. The molecule has 1 aromatic carbocycles. The van der Waals surface area contributed by atoms with Crippen molar-refractivity contribution < 1.29 is 23.9 Å². The molecule has 0 radical (unpaired) electrons. The predicted molar refractivity (Wildman–Crippen MR) is 105 cm³/mol. The molecule has 0 aliphatic carbocycles. The van der Waals surface area contributed by atoms with Gasteiger partial charge in [-0.15, -0.1) is 0 Å². The van der Waals surface area contributed by atoms with Crippen LogP contribution in [0.1, 0.15) is 24.8 Å². The Morgan fingerprint density at radius 3 is 2.04 bits per heavy atom. The van der Waals surface area contributed by atoms with Crippen molar-refractivity contribution in [3.05, 3.63) is 35.9 Å². The zero-order valence-electron chi connectivity index (χ0n) is 16.7. The standard InChI is InChI=1S/C20H31N3O5/c1-27-19(25)9-13-23(14-10-20(26)28-2)15-12-22-18(24)8-11-21-16-17-6-4-3-5-7-17/h3-7,21H,8-16H2,1-2H3,(H,22,24). The summed E-state index contributed by atoms with van der Waals surface area (Å²) in [7, 11) is 2.68. The van der Waals surface area contributed by atoms with E-state index in [9.17, 15) is 14.4 Å². The minimum atomic E-state index is -0.309. The van der Waals surface area contributed by atoms with E-state index in [2.05, 4.69) is 20.1 Å². The van der Waals surface area contributed by atoms with Gasteiger partial charge in [-0.25, -0.2) is 0 Å². The summed E-state index contributed by atoms with van der Waals surface area (Å²) in [6, 6.07) is 10.00. The van der Waals surface area contributed by atoms with E-state index in [1.54, 1.807) is 0 Å². The maximum absolute atomic E-state index is 11.9. The first-order valence-electron chi connectivity index (χ1n) is 9.42.